The summed E-state index contributed by atoms with van der Waals surface area (Å²) in [5, 5.41) is 5.60. The van der Waals surface area contributed by atoms with Crippen LogP contribution in [0.25, 0.3) is 0 Å². The molecule has 5 nitrogen and oxygen atoms in total. The molecule has 116 valence electrons. The largest absolute Gasteiger partial charge is 0.449 e. The second-order valence-corrected chi connectivity index (χ2v) is 6.24. The van der Waals surface area contributed by atoms with Gasteiger partial charge in [-0.05, 0) is 31.6 Å². The van der Waals surface area contributed by atoms with E-state index in [0.717, 1.165) is 19.3 Å². The summed E-state index contributed by atoms with van der Waals surface area (Å²) in [4.78, 5) is 23.6. The van der Waals surface area contributed by atoms with Gasteiger partial charge in [0.15, 0.2) is 0 Å². The Morgan fingerprint density at radius 3 is 2.45 bits per heavy atom. The van der Waals surface area contributed by atoms with Gasteiger partial charge in [-0.1, -0.05) is 33.6 Å². The van der Waals surface area contributed by atoms with Crippen LogP contribution in [-0.4, -0.2) is 30.7 Å². The summed E-state index contributed by atoms with van der Waals surface area (Å²) < 4.78 is 5.01. The van der Waals surface area contributed by atoms with E-state index in [1.807, 2.05) is 13.8 Å². The first-order valence-corrected chi connectivity index (χ1v) is 7.63. The number of nitrogens with one attached hydrogen (secondary N) is 2. The Labute approximate surface area is 121 Å². The number of ether oxygens (including phenoxy) is 1. The first-order chi connectivity index (χ1) is 9.40. The van der Waals surface area contributed by atoms with Gasteiger partial charge in [0.05, 0.1) is 6.61 Å². The van der Waals surface area contributed by atoms with Crippen molar-refractivity contribution >= 4 is 12.0 Å². The number of rotatable bonds is 5. The first-order valence-electron chi connectivity index (χ1n) is 7.63. The number of amides is 2. The van der Waals surface area contributed by atoms with Gasteiger partial charge in [-0.15, -0.1) is 0 Å². The number of carbonyl (C=O) groups excluding carboxylic acids is 2. The summed E-state index contributed by atoms with van der Waals surface area (Å²) in [5.74, 6) is 0.658. The zero-order valence-electron chi connectivity index (χ0n) is 13.1. The molecule has 0 spiro atoms. The molecule has 0 saturated heterocycles. The minimum absolute atomic E-state index is 0.134. The highest BCUT2D eigenvalue weighted by Gasteiger charge is 2.25. The zero-order valence-corrected chi connectivity index (χ0v) is 13.1. The molecule has 0 aromatic rings. The molecule has 0 heterocycles. The molecule has 1 fully saturated rings. The molecule has 2 amide bonds. The lowest BCUT2D eigenvalue weighted by atomic mass is 9.86. The standard InChI is InChI=1S/C15H28N2O3/c1-10(2)9-20-15(19)16-12(4)14(18)17-13-8-6-5-7-11(13)3/h10-13H,5-9H2,1-4H3,(H,16,19)(H,17,18)/t11-,12+,13-/m1/s1. The summed E-state index contributed by atoms with van der Waals surface area (Å²) >= 11 is 0. The molecule has 0 aliphatic heterocycles. The van der Waals surface area contributed by atoms with E-state index in [-0.39, 0.29) is 17.9 Å². The van der Waals surface area contributed by atoms with E-state index in [2.05, 4.69) is 17.6 Å². The maximum absolute atomic E-state index is 12.0. The Morgan fingerprint density at radius 2 is 1.85 bits per heavy atom. The van der Waals surface area contributed by atoms with Gasteiger partial charge in [0, 0.05) is 6.04 Å². The van der Waals surface area contributed by atoms with Crippen molar-refractivity contribution in [3.63, 3.8) is 0 Å². The summed E-state index contributed by atoms with van der Waals surface area (Å²) in [6.07, 6.45) is 4.05. The molecule has 0 radical (unpaired) electrons. The Bertz CT molecular complexity index is 331. The van der Waals surface area contributed by atoms with Crippen LogP contribution in [0, 0.1) is 11.8 Å². The van der Waals surface area contributed by atoms with Crippen molar-refractivity contribution in [2.45, 2.75) is 65.5 Å². The van der Waals surface area contributed by atoms with Crippen LogP contribution in [0.15, 0.2) is 0 Å². The lowest BCUT2D eigenvalue weighted by Gasteiger charge is -2.30. The van der Waals surface area contributed by atoms with Crippen LogP contribution in [0.2, 0.25) is 0 Å². The molecule has 0 aromatic heterocycles. The minimum atomic E-state index is -0.566. The van der Waals surface area contributed by atoms with Gasteiger partial charge in [0.25, 0.3) is 0 Å². The van der Waals surface area contributed by atoms with Crippen LogP contribution in [-0.2, 0) is 9.53 Å². The number of hydrogen-bond acceptors (Lipinski definition) is 3. The quantitative estimate of drug-likeness (QED) is 0.815. The van der Waals surface area contributed by atoms with E-state index >= 15 is 0 Å². The van der Waals surface area contributed by atoms with Crippen molar-refractivity contribution in [1.29, 1.82) is 0 Å². The predicted octanol–water partition coefficient (Wildman–Crippen LogP) is 2.45. The van der Waals surface area contributed by atoms with Crippen LogP contribution >= 0.6 is 0 Å². The van der Waals surface area contributed by atoms with Gasteiger partial charge in [-0.3, -0.25) is 4.79 Å². The highest BCUT2D eigenvalue weighted by molar-refractivity contribution is 5.85. The maximum atomic E-state index is 12.0. The smallest absolute Gasteiger partial charge is 0.407 e. The molecular weight excluding hydrogens is 256 g/mol. The van der Waals surface area contributed by atoms with E-state index in [9.17, 15) is 9.59 Å². The number of carbonyl (C=O) groups is 2. The van der Waals surface area contributed by atoms with E-state index in [1.54, 1.807) is 6.92 Å². The van der Waals surface area contributed by atoms with Gasteiger partial charge in [-0.2, -0.15) is 0 Å². The SMILES string of the molecule is CC(C)COC(=O)N[C@@H](C)C(=O)N[C@@H]1CCCC[C@H]1C. The third-order valence-corrected chi connectivity index (χ3v) is 3.71. The number of alkyl carbamates (subject to hydrolysis) is 1. The van der Waals surface area contributed by atoms with Crippen LogP contribution in [0.4, 0.5) is 4.79 Å². The van der Waals surface area contributed by atoms with Gasteiger partial charge in [0.1, 0.15) is 6.04 Å². The number of hydrogen-bond donors (Lipinski definition) is 2. The third kappa shape index (κ3) is 5.80. The Morgan fingerprint density at radius 1 is 1.20 bits per heavy atom. The fourth-order valence-electron chi connectivity index (χ4n) is 2.36. The molecule has 0 unspecified atom stereocenters. The van der Waals surface area contributed by atoms with E-state index in [4.69, 9.17) is 4.74 Å². The molecule has 20 heavy (non-hydrogen) atoms. The van der Waals surface area contributed by atoms with Crippen molar-refractivity contribution in [3.05, 3.63) is 0 Å². The lowest BCUT2D eigenvalue weighted by molar-refractivity contribution is -0.124. The molecular formula is C15H28N2O3. The fraction of sp³-hybridized carbons (Fsp3) is 0.867. The molecule has 1 rings (SSSR count). The molecule has 1 aliphatic rings. The first kappa shape index (κ1) is 16.8. The van der Waals surface area contributed by atoms with Crippen molar-refractivity contribution in [1.82, 2.24) is 10.6 Å². The molecule has 0 bridgehead atoms. The maximum Gasteiger partial charge on any atom is 0.407 e. The molecule has 1 saturated carbocycles. The second-order valence-electron chi connectivity index (χ2n) is 6.24. The van der Waals surface area contributed by atoms with Crippen LogP contribution in [0.3, 0.4) is 0 Å². The average molecular weight is 284 g/mol. The minimum Gasteiger partial charge on any atom is -0.449 e. The van der Waals surface area contributed by atoms with Crippen LogP contribution in [0.1, 0.15) is 53.4 Å². The van der Waals surface area contributed by atoms with Crippen molar-refractivity contribution in [2.75, 3.05) is 6.61 Å². The van der Waals surface area contributed by atoms with Crippen LogP contribution < -0.4 is 10.6 Å². The fourth-order valence-corrected chi connectivity index (χ4v) is 2.36. The Balaban J connectivity index is 2.32. The predicted molar refractivity (Wildman–Crippen MR) is 78.3 cm³/mol. The van der Waals surface area contributed by atoms with Crippen molar-refractivity contribution in [3.8, 4) is 0 Å². The van der Waals surface area contributed by atoms with Gasteiger partial charge < -0.3 is 15.4 Å². The van der Waals surface area contributed by atoms with Gasteiger partial charge in [-0.25, -0.2) is 4.79 Å². The summed E-state index contributed by atoms with van der Waals surface area (Å²) in [6, 6.07) is -0.337. The second kappa shape index (κ2) is 8.12. The average Bonchev–Trinajstić information content (AvgIpc) is 2.39. The van der Waals surface area contributed by atoms with Crippen LogP contribution in [0.5, 0.6) is 0 Å². The lowest BCUT2D eigenvalue weighted by Crippen LogP contribution is -2.50. The molecule has 2 N–H and O–H groups in total. The van der Waals surface area contributed by atoms with E-state index in [1.165, 1.54) is 6.42 Å². The van der Waals surface area contributed by atoms with Crippen molar-refractivity contribution in [2.24, 2.45) is 11.8 Å². The Hall–Kier alpha value is -1.26. The summed E-state index contributed by atoms with van der Waals surface area (Å²) in [7, 11) is 0. The summed E-state index contributed by atoms with van der Waals surface area (Å²) in [6.45, 7) is 8.14. The molecule has 3 atom stereocenters. The summed E-state index contributed by atoms with van der Waals surface area (Å²) in [5.41, 5.74) is 0. The highest BCUT2D eigenvalue weighted by Crippen LogP contribution is 2.23. The molecule has 0 aromatic carbocycles. The molecule has 1 aliphatic carbocycles. The normalized spacial score (nSPS) is 24.1. The monoisotopic (exact) mass is 284 g/mol. The van der Waals surface area contributed by atoms with Gasteiger partial charge >= 0.3 is 6.09 Å². The highest BCUT2D eigenvalue weighted by atomic mass is 16.5. The Kier molecular flexibility index (Phi) is 6.82. The van der Waals surface area contributed by atoms with Crippen molar-refractivity contribution < 1.29 is 14.3 Å². The zero-order chi connectivity index (χ0) is 15.1. The van der Waals surface area contributed by atoms with Gasteiger partial charge in [0.2, 0.25) is 5.91 Å². The van der Waals surface area contributed by atoms with E-state index in [0.29, 0.717) is 12.5 Å². The topological polar surface area (TPSA) is 67.4 Å². The third-order valence-electron chi connectivity index (χ3n) is 3.71. The molecule has 5 heteroatoms. The van der Waals surface area contributed by atoms with E-state index < -0.39 is 12.1 Å².